The lowest BCUT2D eigenvalue weighted by Gasteiger charge is -2.28. The number of anilines is 2. The summed E-state index contributed by atoms with van der Waals surface area (Å²) in [7, 11) is 1.31. The topological polar surface area (TPSA) is 91.4 Å². The van der Waals surface area contributed by atoms with E-state index in [-0.39, 0.29) is 5.69 Å². The van der Waals surface area contributed by atoms with Gasteiger partial charge in [-0.15, -0.1) is 11.3 Å². The highest BCUT2D eigenvalue weighted by Gasteiger charge is 2.26. The number of methoxy groups -OCH3 is 1. The van der Waals surface area contributed by atoms with Crippen LogP contribution >= 0.6 is 11.3 Å². The van der Waals surface area contributed by atoms with Crippen molar-refractivity contribution in [1.29, 1.82) is 5.26 Å². The number of piperazine rings is 1. The molecule has 1 aromatic heterocycles. The molecule has 96 valence electrons. The average Bonchev–Trinajstić information content (AvgIpc) is 2.76. The van der Waals surface area contributed by atoms with Crippen molar-refractivity contribution < 1.29 is 9.53 Å². The standard InChI is InChI=1S/C11H14N4O2S/c1-17-11(16)8-9(13)7(6-12)18-10(8)15-4-2-14-3-5-15/h14H,2-5,13H2,1H3. The molecule has 0 saturated carbocycles. The lowest BCUT2D eigenvalue weighted by atomic mass is 10.2. The fourth-order valence-corrected chi connectivity index (χ4v) is 2.96. The van der Waals surface area contributed by atoms with Crippen LogP contribution < -0.4 is 16.0 Å². The van der Waals surface area contributed by atoms with Gasteiger partial charge < -0.3 is 20.7 Å². The van der Waals surface area contributed by atoms with Crippen LogP contribution in [0.15, 0.2) is 0 Å². The molecule has 2 rings (SSSR count). The van der Waals surface area contributed by atoms with E-state index in [9.17, 15) is 4.79 Å². The van der Waals surface area contributed by atoms with Crippen LogP contribution in [-0.2, 0) is 4.74 Å². The maximum absolute atomic E-state index is 11.8. The van der Waals surface area contributed by atoms with Crippen molar-refractivity contribution in [3.05, 3.63) is 10.4 Å². The fourth-order valence-electron chi connectivity index (χ4n) is 1.90. The van der Waals surface area contributed by atoms with Crippen molar-refractivity contribution in [1.82, 2.24) is 5.32 Å². The summed E-state index contributed by atoms with van der Waals surface area (Å²) in [6.07, 6.45) is 0. The molecule has 1 aliphatic rings. The number of nitriles is 1. The number of esters is 1. The summed E-state index contributed by atoms with van der Waals surface area (Å²) in [6.45, 7) is 3.27. The van der Waals surface area contributed by atoms with Crippen LogP contribution in [0, 0.1) is 11.3 Å². The molecule has 1 fully saturated rings. The van der Waals surface area contributed by atoms with Gasteiger partial charge in [-0.1, -0.05) is 0 Å². The molecule has 0 aliphatic carbocycles. The molecule has 0 bridgehead atoms. The Morgan fingerprint density at radius 2 is 2.22 bits per heavy atom. The first-order valence-electron chi connectivity index (χ1n) is 5.55. The van der Waals surface area contributed by atoms with Crippen molar-refractivity contribution in [2.24, 2.45) is 0 Å². The van der Waals surface area contributed by atoms with Gasteiger partial charge in [0.05, 0.1) is 12.8 Å². The van der Waals surface area contributed by atoms with E-state index in [0.29, 0.717) is 10.4 Å². The summed E-state index contributed by atoms with van der Waals surface area (Å²) >= 11 is 1.25. The summed E-state index contributed by atoms with van der Waals surface area (Å²) < 4.78 is 4.74. The predicted molar refractivity (Wildman–Crippen MR) is 69.9 cm³/mol. The van der Waals surface area contributed by atoms with E-state index in [1.807, 2.05) is 6.07 Å². The molecule has 1 aromatic rings. The number of thiophene rings is 1. The van der Waals surface area contributed by atoms with Gasteiger partial charge in [0.2, 0.25) is 0 Å². The fraction of sp³-hybridized carbons (Fsp3) is 0.455. The molecule has 0 amide bonds. The van der Waals surface area contributed by atoms with Crippen molar-refractivity contribution in [2.45, 2.75) is 0 Å². The van der Waals surface area contributed by atoms with E-state index < -0.39 is 5.97 Å². The quantitative estimate of drug-likeness (QED) is 0.753. The highest BCUT2D eigenvalue weighted by molar-refractivity contribution is 7.17. The molecule has 0 spiro atoms. The summed E-state index contributed by atoms with van der Waals surface area (Å²) in [5, 5.41) is 13.0. The summed E-state index contributed by atoms with van der Waals surface area (Å²) in [5.41, 5.74) is 6.39. The zero-order chi connectivity index (χ0) is 13.1. The number of carbonyl (C=O) groups excluding carboxylic acids is 1. The number of ether oxygens (including phenoxy) is 1. The van der Waals surface area contributed by atoms with E-state index in [4.69, 9.17) is 15.7 Å². The van der Waals surface area contributed by atoms with Crippen molar-refractivity contribution in [2.75, 3.05) is 43.9 Å². The number of nitrogens with zero attached hydrogens (tertiary/aromatic N) is 2. The van der Waals surface area contributed by atoms with Gasteiger partial charge in [-0.3, -0.25) is 0 Å². The maximum Gasteiger partial charge on any atom is 0.343 e. The molecule has 18 heavy (non-hydrogen) atoms. The van der Waals surface area contributed by atoms with E-state index in [1.165, 1.54) is 18.4 Å². The Hall–Kier alpha value is -1.78. The van der Waals surface area contributed by atoms with E-state index >= 15 is 0 Å². The van der Waals surface area contributed by atoms with E-state index in [0.717, 1.165) is 31.2 Å². The normalized spacial score (nSPS) is 15.2. The van der Waals surface area contributed by atoms with Gasteiger partial charge in [0.1, 0.15) is 21.5 Å². The van der Waals surface area contributed by atoms with Crippen LogP contribution in [0.25, 0.3) is 0 Å². The van der Waals surface area contributed by atoms with E-state index in [1.54, 1.807) is 0 Å². The molecular weight excluding hydrogens is 252 g/mol. The molecular formula is C11H14N4O2S. The third kappa shape index (κ3) is 2.12. The van der Waals surface area contributed by atoms with Gasteiger partial charge in [0, 0.05) is 26.2 Å². The highest BCUT2D eigenvalue weighted by Crippen LogP contribution is 2.38. The third-order valence-electron chi connectivity index (χ3n) is 2.82. The zero-order valence-electron chi connectivity index (χ0n) is 10.0. The van der Waals surface area contributed by atoms with Crippen LogP contribution in [0.2, 0.25) is 0 Å². The SMILES string of the molecule is COC(=O)c1c(N2CCNCC2)sc(C#N)c1N. The minimum atomic E-state index is -0.487. The van der Waals surface area contributed by atoms with Crippen molar-refractivity contribution in [3.63, 3.8) is 0 Å². The maximum atomic E-state index is 11.8. The van der Waals surface area contributed by atoms with Crippen LogP contribution in [0.1, 0.15) is 15.2 Å². The van der Waals surface area contributed by atoms with Crippen LogP contribution in [0.4, 0.5) is 10.7 Å². The molecule has 3 N–H and O–H groups in total. The number of rotatable bonds is 2. The first-order chi connectivity index (χ1) is 8.69. The lowest BCUT2D eigenvalue weighted by Crippen LogP contribution is -2.43. The Kier molecular flexibility index (Phi) is 3.69. The molecule has 1 saturated heterocycles. The lowest BCUT2D eigenvalue weighted by molar-refractivity contribution is 0.0603. The van der Waals surface area contributed by atoms with Crippen molar-refractivity contribution in [3.8, 4) is 6.07 Å². The average molecular weight is 266 g/mol. The molecule has 1 aliphatic heterocycles. The molecule has 0 aromatic carbocycles. The van der Waals surface area contributed by atoms with Gasteiger partial charge in [0.15, 0.2) is 0 Å². The van der Waals surface area contributed by atoms with Crippen LogP contribution in [0.5, 0.6) is 0 Å². The van der Waals surface area contributed by atoms with Crippen LogP contribution in [0.3, 0.4) is 0 Å². The number of nitrogen functional groups attached to an aromatic ring is 1. The van der Waals surface area contributed by atoms with Gasteiger partial charge >= 0.3 is 5.97 Å². The second kappa shape index (κ2) is 5.25. The number of nitrogens with one attached hydrogen (secondary N) is 1. The predicted octanol–water partition coefficient (Wildman–Crippen LogP) is 0.398. The molecule has 0 radical (unpaired) electrons. The Bertz CT molecular complexity index is 500. The summed E-state index contributed by atoms with van der Waals surface area (Å²) in [4.78, 5) is 14.2. The molecule has 6 nitrogen and oxygen atoms in total. The molecule has 7 heteroatoms. The van der Waals surface area contributed by atoms with Crippen molar-refractivity contribution >= 4 is 28.0 Å². The Labute approximate surface area is 109 Å². The smallest absolute Gasteiger partial charge is 0.343 e. The summed E-state index contributed by atoms with van der Waals surface area (Å²) in [5.74, 6) is -0.487. The highest BCUT2D eigenvalue weighted by atomic mass is 32.1. The first-order valence-corrected chi connectivity index (χ1v) is 6.37. The second-order valence-electron chi connectivity index (χ2n) is 3.87. The van der Waals surface area contributed by atoms with Gasteiger partial charge in [0.25, 0.3) is 0 Å². The number of hydrogen-bond donors (Lipinski definition) is 2. The van der Waals surface area contributed by atoms with E-state index in [2.05, 4.69) is 10.2 Å². The van der Waals surface area contributed by atoms with Gasteiger partial charge in [-0.25, -0.2) is 4.79 Å². The summed E-state index contributed by atoms with van der Waals surface area (Å²) in [6, 6.07) is 2.02. The first kappa shape index (κ1) is 12.7. The number of hydrogen-bond acceptors (Lipinski definition) is 7. The van der Waals surface area contributed by atoms with Crippen LogP contribution in [-0.4, -0.2) is 39.3 Å². The van der Waals surface area contributed by atoms with Gasteiger partial charge in [-0.05, 0) is 0 Å². The molecule has 0 unspecified atom stereocenters. The monoisotopic (exact) mass is 266 g/mol. The Morgan fingerprint density at radius 1 is 1.56 bits per heavy atom. The second-order valence-corrected chi connectivity index (χ2v) is 4.86. The molecule has 0 atom stereocenters. The third-order valence-corrected chi connectivity index (χ3v) is 3.99. The minimum Gasteiger partial charge on any atom is -0.465 e. The molecule has 2 heterocycles. The minimum absolute atomic E-state index is 0.225. The largest absolute Gasteiger partial charge is 0.465 e. The Morgan fingerprint density at radius 3 is 2.78 bits per heavy atom. The number of carbonyl (C=O) groups is 1. The van der Waals surface area contributed by atoms with Gasteiger partial charge in [-0.2, -0.15) is 5.26 Å². The Balaban J connectivity index is 2.45. The number of nitrogens with two attached hydrogens (primary N) is 1. The zero-order valence-corrected chi connectivity index (χ0v) is 10.8.